The van der Waals surface area contributed by atoms with E-state index in [1.807, 2.05) is 24.3 Å². The highest BCUT2D eigenvalue weighted by Gasteiger charge is 2.11. The summed E-state index contributed by atoms with van der Waals surface area (Å²) in [7, 11) is 1.61. The van der Waals surface area contributed by atoms with E-state index >= 15 is 0 Å². The van der Waals surface area contributed by atoms with Crippen molar-refractivity contribution in [3.8, 4) is 5.75 Å². The van der Waals surface area contributed by atoms with Gasteiger partial charge in [-0.05, 0) is 42.3 Å². The number of aromatic amines is 1. The maximum Gasteiger partial charge on any atom is 0.417 e. The van der Waals surface area contributed by atoms with Gasteiger partial charge < -0.3 is 14.5 Å². The van der Waals surface area contributed by atoms with Crippen LogP contribution >= 0.6 is 0 Å². The number of nitrogens with one attached hydrogen (secondary N) is 2. The Bertz CT molecular complexity index is 1000. The lowest BCUT2D eigenvalue weighted by Crippen LogP contribution is -2.26. The van der Waals surface area contributed by atoms with Crippen LogP contribution in [0.5, 0.6) is 5.75 Å². The highest BCUT2D eigenvalue weighted by Crippen LogP contribution is 2.14. The van der Waals surface area contributed by atoms with Crippen LogP contribution in [-0.4, -0.2) is 30.3 Å². The van der Waals surface area contributed by atoms with Crippen molar-refractivity contribution in [3.05, 3.63) is 64.1 Å². The zero-order chi connectivity index (χ0) is 19.2. The normalized spacial score (nSPS) is 10.7. The second-order valence-corrected chi connectivity index (χ2v) is 6.10. The van der Waals surface area contributed by atoms with Crippen molar-refractivity contribution in [1.29, 1.82) is 0 Å². The van der Waals surface area contributed by atoms with Crippen LogP contribution in [0.3, 0.4) is 0 Å². The number of hydrogen-bond donors (Lipinski definition) is 2. The molecule has 3 aromatic rings. The minimum absolute atomic E-state index is 0.0918. The summed E-state index contributed by atoms with van der Waals surface area (Å²) in [5.74, 6) is -0.124. The molecule has 3 rings (SSSR count). The van der Waals surface area contributed by atoms with Crippen molar-refractivity contribution in [3.63, 3.8) is 0 Å². The van der Waals surface area contributed by atoms with Crippen molar-refractivity contribution < 1.29 is 18.7 Å². The first-order valence-electron chi connectivity index (χ1n) is 8.61. The molecule has 0 fully saturated rings. The van der Waals surface area contributed by atoms with Crippen LogP contribution in [0.15, 0.2) is 51.7 Å². The van der Waals surface area contributed by atoms with E-state index in [9.17, 15) is 14.4 Å². The Kier molecular flexibility index (Phi) is 5.71. The van der Waals surface area contributed by atoms with Crippen LogP contribution in [-0.2, 0) is 11.2 Å². The number of amides is 1. The van der Waals surface area contributed by atoms with Gasteiger partial charge in [0.2, 0.25) is 5.91 Å². The fraction of sp³-hybridized carbons (Fsp3) is 0.250. The third-order valence-electron chi connectivity index (χ3n) is 4.22. The molecule has 0 aliphatic carbocycles. The zero-order valence-electron chi connectivity index (χ0n) is 14.9. The Morgan fingerprint density at radius 3 is 2.63 bits per heavy atom. The van der Waals surface area contributed by atoms with Crippen LogP contribution in [0.4, 0.5) is 0 Å². The van der Waals surface area contributed by atoms with Crippen molar-refractivity contribution in [2.75, 3.05) is 13.7 Å². The number of ketones is 1. The van der Waals surface area contributed by atoms with E-state index in [-0.39, 0.29) is 24.5 Å². The third-order valence-corrected chi connectivity index (χ3v) is 4.22. The van der Waals surface area contributed by atoms with E-state index in [1.165, 1.54) is 6.07 Å². The van der Waals surface area contributed by atoms with E-state index in [4.69, 9.17) is 9.15 Å². The van der Waals surface area contributed by atoms with Gasteiger partial charge in [0.1, 0.15) is 5.75 Å². The lowest BCUT2D eigenvalue weighted by Gasteiger charge is -2.06. The molecule has 0 bridgehead atoms. The van der Waals surface area contributed by atoms with E-state index < -0.39 is 5.76 Å². The predicted molar refractivity (Wildman–Crippen MR) is 100 cm³/mol. The number of fused-ring (bicyclic) bond motifs is 1. The van der Waals surface area contributed by atoms with Gasteiger partial charge in [-0.25, -0.2) is 4.79 Å². The number of H-pyrrole nitrogens is 1. The Labute approximate surface area is 155 Å². The summed E-state index contributed by atoms with van der Waals surface area (Å²) in [6, 6.07) is 12.4. The highest BCUT2D eigenvalue weighted by atomic mass is 16.5. The molecule has 0 spiro atoms. The van der Waals surface area contributed by atoms with Crippen LogP contribution < -0.4 is 15.8 Å². The van der Waals surface area contributed by atoms with Crippen molar-refractivity contribution in [2.24, 2.45) is 0 Å². The number of oxazole rings is 1. The molecule has 0 atom stereocenters. The fourth-order valence-corrected chi connectivity index (χ4v) is 2.72. The van der Waals surface area contributed by atoms with Gasteiger partial charge in [-0.3, -0.25) is 14.6 Å². The zero-order valence-corrected chi connectivity index (χ0v) is 14.9. The van der Waals surface area contributed by atoms with Gasteiger partial charge in [0.15, 0.2) is 11.4 Å². The number of ether oxygens (including phenoxy) is 1. The van der Waals surface area contributed by atoms with Crippen molar-refractivity contribution >= 4 is 22.8 Å². The number of rotatable bonds is 8. The molecule has 2 aromatic carbocycles. The molecule has 0 aliphatic rings. The topological polar surface area (TPSA) is 101 Å². The maximum atomic E-state index is 12.2. The highest BCUT2D eigenvalue weighted by molar-refractivity contribution is 6.00. The number of carbonyl (C=O) groups is 2. The minimum atomic E-state index is -0.564. The molecular weight excluding hydrogens is 348 g/mol. The lowest BCUT2D eigenvalue weighted by molar-refractivity contribution is -0.121. The smallest absolute Gasteiger partial charge is 0.417 e. The Morgan fingerprint density at radius 1 is 1.11 bits per heavy atom. The van der Waals surface area contributed by atoms with Gasteiger partial charge in [0, 0.05) is 24.9 Å². The standard InChI is InChI=1S/C20H20N2O5/c1-26-15-5-2-13(3-6-15)10-11-21-19(24)9-8-17(23)14-4-7-16-18(12-14)27-20(25)22-16/h2-7,12H,8-11H2,1H3,(H,21,24)(H,22,25). The molecule has 0 saturated heterocycles. The minimum Gasteiger partial charge on any atom is -0.497 e. The van der Waals surface area contributed by atoms with E-state index in [0.717, 1.165) is 11.3 Å². The largest absolute Gasteiger partial charge is 0.497 e. The van der Waals surface area contributed by atoms with Gasteiger partial charge in [0.25, 0.3) is 0 Å². The number of Topliss-reactive ketones (excluding diaryl/α,β-unsaturated/α-hetero) is 1. The second-order valence-electron chi connectivity index (χ2n) is 6.10. The van der Waals surface area contributed by atoms with Crippen LogP contribution in [0, 0.1) is 0 Å². The summed E-state index contributed by atoms with van der Waals surface area (Å²) in [6.45, 7) is 0.500. The average molecular weight is 368 g/mol. The molecular formula is C20H20N2O5. The molecule has 1 amide bonds. The molecule has 1 heterocycles. The molecule has 2 N–H and O–H groups in total. The van der Waals surface area contributed by atoms with Crippen molar-refractivity contribution in [1.82, 2.24) is 10.3 Å². The molecule has 7 heteroatoms. The van der Waals surface area contributed by atoms with Gasteiger partial charge in [-0.2, -0.15) is 0 Å². The molecule has 1 aromatic heterocycles. The molecule has 0 saturated carbocycles. The van der Waals surface area contributed by atoms with Crippen molar-refractivity contribution in [2.45, 2.75) is 19.3 Å². The van der Waals surface area contributed by atoms with E-state index in [0.29, 0.717) is 29.6 Å². The Morgan fingerprint density at radius 2 is 1.89 bits per heavy atom. The van der Waals surface area contributed by atoms with Crippen LogP contribution in [0.25, 0.3) is 11.1 Å². The van der Waals surface area contributed by atoms with Crippen LogP contribution in [0.1, 0.15) is 28.8 Å². The predicted octanol–water partition coefficient (Wildman–Crippen LogP) is 2.45. The Hall–Kier alpha value is -3.35. The van der Waals surface area contributed by atoms with Gasteiger partial charge >= 0.3 is 5.76 Å². The first-order valence-corrected chi connectivity index (χ1v) is 8.61. The van der Waals surface area contributed by atoms with Gasteiger partial charge in [0.05, 0.1) is 12.6 Å². The molecule has 7 nitrogen and oxygen atoms in total. The molecule has 0 radical (unpaired) electrons. The maximum absolute atomic E-state index is 12.2. The molecule has 140 valence electrons. The summed E-state index contributed by atoms with van der Waals surface area (Å²) >= 11 is 0. The fourth-order valence-electron chi connectivity index (χ4n) is 2.72. The van der Waals surface area contributed by atoms with E-state index in [2.05, 4.69) is 10.3 Å². The quantitative estimate of drug-likeness (QED) is 0.595. The Balaban J connectivity index is 1.44. The number of aromatic nitrogens is 1. The monoisotopic (exact) mass is 368 g/mol. The van der Waals surface area contributed by atoms with E-state index in [1.54, 1.807) is 19.2 Å². The van der Waals surface area contributed by atoms with Crippen LogP contribution in [0.2, 0.25) is 0 Å². The number of methoxy groups -OCH3 is 1. The average Bonchev–Trinajstić information content (AvgIpc) is 3.05. The summed E-state index contributed by atoms with van der Waals surface area (Å²) < 4.78 is 10.0. The van der Waals surface area contributed by atoms with Gasteiger partial charge in [-0.1, -0.05) is 12.1 Å². The summed E-state index contributed by atoms with van der Waals surface area (Å²) in [5.41, 5.74) is 2.37. The number of hydrogen-bond acceptors (Lipinski definition) is 5. The molecule has 0 unspecified atom stereocenters. The number of benzene rings is 2. The van der Waals surface area contributed by atoms with Gasteiger partial charge in [-0.15, -0.1) is 0 Å². The lowest BCUT2D eigenvalue weighted by atomic mass is 10.1. The summed E-state index contributed by atoms with van der Waals surface area (Å²) in [6.07, 6.45) is 0.901. The first-order chi connectivity index (χ1) is 13.0. The second kappa shape index (κ2) is 8.35. The molecule has 27 heavy (non-hydrogen) atoms. The number of carbonyl (C=O) groups excluding carboxylic acids is 2. The first kappa shape index (κ1) is 18.4. The third kappa shape index (κ3) is 4.84. The SMILES string of the molecule is COc1ccc(CCNC(=O)CCC(=O)c2ccc3[nH]c(=O)oc3c2)cc1. The molecule has 0 aliphatic heterocycles. The summed E-state index contributed by atoms with van der Waals surface area (Å²) in [4.78, 5) is 37.8. The summed E-state index contributed by atoms with van der Waals surface area (Å²) in [5, 5.41) is 2.81.